The van der Waals surface area contributed by atoms with E-state index in [1.807, 2.05) is 0 Å². The van der Waals surface area contributed by atoms with Crippen LogP contribution in [-0.2, 0) is 4.79 Å². The zero-order chi connectivity index (χ0) is 63.4. The third-order valence-electron chi connectivity index (χ3n) is 8.48. The number of ether oxygens (including phenoxy) is 4. The van der Waals surface area contributed by atoms with Crippen molar-refractivity contribution in [3.05, 3.63) is 150 Å². The van der Waals surface area contributed by atoms with E-state index in [1.165, 1.54) is 0 Å². The average Bonchev–Trinajstić information content (AvgIpc) is 3.35. The highest BCUT2D eigenvalue weighted by Crippen LogP contribution is 2.35. The zero-order valence-corrected chi connectivity index (χ0v) is 41.1. The maximum absolute atomic E-state index is 13.5. The Hall–Kier alpha value is -7.20. The Kier molecular flexibility index (Phi) is 25.7. The van der Waals surface area contributed by atoms with Gasteiger partial charge in [-0.05, 0) is 75.4 Å². The van der Waals surface area contributed by atoms with Gasteiger partial charge in [-0.2, -0.15) is 70.2 Å². The van der Waals surface area contributed by atoms with Crippen LogP contribution in [0.15, 0.2) is 54.6 Å². The third kappa shape index (κ3) is 21.0. The summed E-state index contributed by atoms with van der Waals surface area (Å²) in [5.74, 6) is -37.4. The molecule has 37 heteroatoms. The molecule has 0 aliphatic carbocycles. The quantitative estimate of drug-likeness (QED) is 0.0423. The smallest absolute Gasteiger partial charge is 0.480 e. The van der Waals surface area contributed by atoms with Crippen LogP contribution in [0.2, 0.25) is 15.1 Å². The second-order valence-electron chi connectivity index (χ2n) is 14.4. The number of alkyl halides is 12. The van der Waals surface area contributed by atoms with Crippen LogP contribution in [0.3, 0.4) is 0 Å². The molecular weight excluding hydrogens is 1250 g/mol. The number of esters is 2. The van der Waals surface area contributed by atoms with Crippen molar-refractivity contribution in [3.8, 4) is 23.0 Å². The monoisotopic (exact) mass is 1270 g/mol. The van der Waals surface area contributed by atoms with E-state index < -0.39 is 159 Å². The Balaban J connectivity index is 0.000000541. The van der Waals surface area contributed by atoms with Crippen LogP contribution < -0.4 is 18.9 Å². The minimum absolute atomic E-state index is 0.0172. The number of aliphatic hydroxyl groups excluding tert-OH is 1. The van der Waals surface area contributed by atoms with E-state index in [0.29, 0.717) is 13.8 Å². The molecule has 0 saturated carbocycles. The van der Waals surface area contributed by atoms with Crippen LogP contribution in [0.4, 0.5) is 101 Å². The first-order valence-electron chi connectivity index (χ1n) is 19.9. The molecule has 5 aromatic carbocycles. The van der Waals surface area contributed by atoms with Crippen molar-refractivity contribution in [2.45, 2.75) is 63.8 Å². The fourth-order valence-electron chi connectivity index (χ4n) is 4.25. The lowest BCUT2D eigenvalue weighted by atomic mass is 10.2. The Labute approximate surface area is 449 Å². The molecular formula is C44H24Cl3F23O11. The first kappa shape index (κ1) is 71.8. The summed E-state index contributed by atoms with van der Waals surface area (Å²) in [7, 11) is 0. The van der Waals surface area contributed by atoms with Crippen LogP contribution >= 0.6 is 34.8 Å². The van der Waals surface area contributed by atoms with Crippen LogP contribution in [-0.4, -0.2) is 82.2 Å². The van der Waals surface area contributed by atoms with Crippen molar-refractivity contribution in [2.24, 2.45) is 0 Å². The zero-order valence-electron chi connectivity index (χ0n) is 38.9. The van der Waals surface area contributed by atoms with Crippen LogP contribution in [0.5, 0.6) is 23.0 Å². The van der Waals surface area contributed by atoms with E-state index in [4.69, 9.17) is 50.1 Å². The molecule has 11 nitrogen and oxygen atoms in total. The number of carbonyl (C=O) groups is 4. The van der Waals surface area contributed by atoms with Crippen molar-refractivity contribution in [1.82, 2.24) is 0 Å². The van der Waals surface area contributed by atoms with Crippen molar-refractivity contribution in [2.75, 3.05) is 0 Å². The van der Waals surface area contributed by atoms with Crippen molar-refractivity contribution in [1.29, 1.82) is 0 Å². The standard InChI is InChI=1S/C16H7ClF8O3.C10H8ClF3O3.C8F8O2.C7H4ClFO2.C3H5F3O/c1-5(16(23,24)25)27-8-3-2-6(4-7(8)17)15(26)28-14-12(21)10(19)9(18)11(20)13(14)22;1-5(10(12,13)14)17-8-3-2-6(9(15)16)4-7(8)11;9-1-2(10)4(12)6(5(13)3(1)11)18-7(17)8(14,15)16;8-5-3-4(7(10)11)1-2-6(5)9;1-2(7)3(4,5)6/h2-5H,1H3;2-5H,1H3,(H,15,16);;1-3H,(H,10,11);2,7H,1H3/t2*5-;;;2-/m11..1/s1. The van der Waals surface area contributed by atoms with Gasteiger partial charge in [-0.1, -0.05) is 34.8 Å². The van der Waals surface area contributed by atoms with Gasteiger partial charge in [-0.25, -0.2) is 49.9 Å². The number of carbonyl (C=O) groups excluding carboxylic acids is 2. The van der Waals surface area contributed by atoms with Crippen molar-refractivity contribution < 1.29 is 154 Å². The van der Waals surface area contributed by atoms with E-state index >= 15 is 0 Å². The second kappa shape index (κ2) is 29.0. The van der Waals surface area contributed by atoms with Gasteiger partial charge in [0.25, 0.3) is 0 Å². The van der Waals surface area contributed by atoms with E-state index in [1.54, 1.807) is 0 Å². The molecule has 0 spiro atoms. The van der Waals surface area contributed by atoms with Gasteiger partial charge in [-0.3, -0.25) is 0 Å². The molecule has 5 rings (SSSR count). The predicted molar refractivity (Wildman–Crippen MR) is 227 cm³/mol. The van der Waals surface area contributed by atoms with Gasteiger partial charge in [0.05, 0.1) is 31.8 Å². The van der Waals surface area contributed by atoms with Gasteiger partial charge in [0.2, 0.25) is 69.7 Å². The lowest BCUT2D eigenvalue weighted by Crippen LogP contribution is -2.31. The number of aromatic carboxylic acids is 2. The molecule has 0 saturated heterocycles. The first-order chi connectivity index (χ1) is 36.7. The SMILES string of the molecule is C[C@@H](O)C(F)(F)F.C[C@@H](Oc1ccc(C(=O)O)cc1Cl)C(F)(F)F.C[C@@H](Oc1ccc(C(=O)Oc2c(F)c(F)c(F)c(F)c2F)cc1Cl)C(F)(F)F.O=C(O)c1ccc(F)c(Cl)c1.O=C(Oc1c(F)c(F)c(F)c(F)c1F)C(F)(F)F. The van der Waals surface area contributed by atoms with Crippen molar-refractivity contribution >= 4 is 58.7 Å². The molecule has 3 atom stereocenters. The number of halogens is 26. The van der Waals surface area contributed by atoms with E-state index in [0.717, 1.165) is 61.5 Å². The average molecular weight is 1270 g/mol. The summed E-state index contributed by atoms with van der Waals surface area (Å²) < 4.78 is 300. The van der Waals surface area contributed by atoms with E-state index in [-0.39, 0.29) is 26.9 Å². The molecule has 0 aromatic heterocycles. The van der Waals surface area contributed by atoms with E-state index in [9.17, 15) is 120 Å². The Morgan fingerprint density at radius 3 is 1.00 bits per heavy atom. The number of rotatable bonds is 9. The summed E-state index contributed by atoms with van der Waals surface area (Å²) in [5.41, 5.74) is -0.695. The summed E-state index contributed by atoms with van der Waals surface area (Å²) in [5, 5.41) is 24.0. The van der Waals surface area contributed by atoms with Gasteiger partial charge in [0.15, 0.2) is 12.2 Å². The predicted octanol–water partition coefficient (Wildman–Crippen LogP) is 14.9. The van der Waals surface area contributed by atoms with Gasteiger partial charge < -0.3 is 34.3 Å². The lowest BCUT2D eigenvalue weighted by Gasteiger charge is -2.18. The van der Waals surface area contributed by atoms with Crippen molar-refractivity contribution in [3.63, 3.8) is 0 Å². The number of carboxylic acid groups (broad SMARTS) is 2. The fourth-order valence-corrected chi connectivity index (χ4v) is 4.88. The second-order valence-corrected chi connectivity index (χ2v) is 15.6. The number of hydrogen-bond acceptors (Lipinski definition) is 9. The summed E-state index contributed by atoms with van der Waals surface area (Å²) in [6.07, 6.45) is -25.8. The van der Waals surface area contributed by atoms with E-state index in [2.05, 4.69) is 18.9 Å². The molecule has 0 aliphatic heterocycles. The largest absolute Gasteiger partial charge is 0.491 e. The highest BCUT2D eigenvalue weighted by atomic mass is 35.5. The molecule has 0 fully saturated rings. The molecule has 0 unspecified atom stereocenters. The lowest BCUT2D eigenvalue weighted by molar-refractivity contribution is -0.197. The fraction of sp³-hybridized carbons (Fsp3) is 0.227. The van der Waals surface area contributed by atoms with Gasteiger partial charge in [0, 0.05) is 0 Å². The van der Waals surface area contributed by atoms with Gasteiger partial charge >= 0.3 is 48.6 Å². The Morgan fingerprint density at radius 1 is 0.432 bits per heavy atom. The molecule has 0 heterocycles. The summed E-state index contributed by atoms with van der Waals surface area (Å²) in [6.45, 7) is 2.21. The third-order valence-corrected chi connectivity index (χ3v) is 9.36. The number of benzene rings is 5. The molecule has 0 bridgehead atoms. The molecule has 448 valence electrons. The summed E-state index contributed by atoms with van der Waals surface area (Å²) in [6, 6.07) is 8.87. The number of carboxylic acids is 2. The topological polar surface area (TPSA) is 166 Å². The minimum atomic E-state index is -5.65. The maximum atomic E-state index is 13.5. The minimum Gasteiger partial charge on any atom is -0.480 e. The maximum Gasteiger partial charge on any atom is 0.491 e. The van der Waals surface area contributed by atoms with Gasteiger partial charge in [0.1, 0.15) is 23.4 Å². The summed E-state index contributed by atoms with van der Waals surface area (Å²) >= 11 is 16.6. The Morgan fingerprint density at radius 2 is 0.716 bits per heavy atom. The highest BCUT2D eigenvalue weighted by molar-refractivity contribution is 6.32. The normalized spacial score (nSPS) is 12.5. The Bertz CT molecular complexity index is 3020. The van der Waals surface area contributed by atoms with Crippen LogP contribution in [0.1, 0.15) is 51.8 Å². The van der Waals surface area contributed by atoms with Gasteiger partial charge in [-0.15, -0.1) is 0 Å². The molecule has 0 radical (unpaired) electrons. The molecule has 0 amide bonds. The first-order valence-corrected chi connectivity index (χ1v) is 21.1. The molecule has 3 N–H and O–H groups in total. The number of hydrogen-bond donors (Lipinski definition) is 3. The number of aliphatic hydroxyl groups is 1. The summed E-state index contributed by atoms with van der Waals surface area (Å²) in [4.78, 5) is 43.0. The van der Waals surface area contributed by atoms with Crippen LogP contribution in [0.25, 0.3) is 0 Å². The van der Waals surface area contributed by atoms with Crippen LogP contribution in [0, 0.1) is 64.0 Å². The highest BCUT2D eigenvalue weighted by Gasteiger charge is 2.44. The molecule has 0 aliphatic rings. The molecule has 5 aromatic rings. The molecule has 81 heavy (non-hydrogen) atoms.